The smallest absolute Gasteiger partial charge is 0.137 e. The van der Waals surface area contributed by atoms with Gasteiger partial charge in [-0.05, 0) is 36.5 Å². The van der Waals surface area contributed by atoms with E-state index in [1.54, 1.807) is 0 Å². The minimum Gasteiger partial charge on any atom is -0.492 e. The maximum Gasteiger partial charge on any atom is 0.137 e. The average Bonchev–Trinajstić information content (AvgIpc) is 2.75. The Bertz CT molecular complexity index is 480. The number of halogens is 1. The van der Waals surface area contributed by atoms with E-state index in [1.807, 2.05) is 12.1 Å². The van der Waals surface area contributed by atoms with Crippen LogP contribution in [0, 0.1) is 11.8 Å². The normalized spacial score (nSPS) is 29.1. The molecule has 3 rings (SSSR count). The number of hydrogen-bond donors (Lipinski definition) is 1. The molecule has 0 amide bonds. The van der Waals surface area contributed by atoms with Gasteiger partial charge in [0.1, 0.15) is 5.75 Å². The first-order chi connectivity index (χ1) is 9.67. The molecule has 0 aromatic heterocycles. The van der Waals surface area contributed by atoms with Gasteiger partial charge in [0.2, 0.25) is 0 Å². The molecule has 0 radical (unpaired) electrons. The predicted octanol–water partition coefficient (Wildman–Crippen LogP) is 2.94. The highest BCUT2D eigenvalue weighted by Crippen LogP contribution is 2.41. The molecule has 2 aliphatic rings. The lowest BCUT2D eigenvalue weighted by Gasteiger charge is -2.35. The van der Waals surface area contributed by atoms with Crippen molar-refractivity contribution in [1.29, 1.82) is 0 Å². The van der Waals surface area contributed by atoms with Crippen molar-refractivity contribution in [3.05, 3.63) is 28.8 Å². The zero-order chi connectivity index (χ0) is 14.1. The maximum atomic E-state index is 9.70. The average molecular weight is 296 g/mol. The molecular weight excluding hydrogens is 274 g/mol. The summed E-state index contributed by atoms with van der Waals surface area (Å²) in [6.07, 6.45) is 1.89. The molecule has 3 atom stereocenters. The molecule has 1 saturated carbocycles. The highest BCUT2D eigenvalue weighted by molar-refractivity contribution is 6.32. The summed E-state index contributed by atoms with van der Waals surface area (Å²) in [5, 5.41) is 10.4. The van der Waals surface area contributed by atoms with E-state index < -0.39 is 0 Å². The second-order valence-corrected chi connectivity index (χ2v) is 6.44. The molecule has 20 heavy (non-hydrogen) atoms. The van der Waals surface area contributed by atoms with Crippen LogP contribution < -0.4 is 4.74 Å². The number of fused-ring (bicyclic) bond motifs is 1. The predicted molar refractivity (Wildman–Crippen MR) is 80.1 cm³/mol. The Balaban J connectivity index is 1.59. The molecule has 1 saturated heterocycles. The van der Waals surface area contributed by atoms with Crippen LogP contribution in [0.4, 0.5) is 0 Å². The van der Waals surface area contributed by atoms with Crippen LogP contribution in [-0.4, -0.2) is 35.8 Å². The van der Waals surface area contributed by atoms with Crippen LogP contribution in [0.1, 0.15) is 25.3 Å². The molecule has 2 fully saturated rings. The van der Waals surface area contributed by atoms with Gasteiger partial charge in [0, 0.05) is 25.6 Å². The van der Waals surface area contributed by atoms with Crippen molar-refractivity contribution in [3.8, 4) is 5.75 Å². The van der Waals surface area contributed by atoms with Crippen molar-refractivity contribution >= 4 is 11.6 Å². The summed E-state index contributed by atoms with van der Waals surface area (Å²) in [5.41, 5.74) is 1.22. The molecular formula is C16H22ClNO2. The van der Waals surface area contributed by atoms with Crippen molar-refractivity contribution in [2.45, 2.75) is 32.4 Å². The number of rotatable bonds is 5. The van der Waals surface area contributed by atoms with Gasteiger partial charge >= 0.3 is 0 Å². The molecule has 3 nitrogen and oxygen atoms in total. The van der Waals surface area contributed by atoms with Crippen molar-refractivity contribution < 1.29 is 9.84 Å². The molecule has 1 aliphatic carbocycles. The first kappa shape index (κ1) is 14.2. The largest absolute Gasteiger partial charge is 0.492 e. The number of likely N-dealkylation sites (tertiary alicyclic amines) is 1. The van der Waals surface area contributed by atoms with Gasteiger partial charge in [-0.25, -0.2) is 0 Å². The summed E-state index contributed by atoms with van der Waals surface area (Å²) in [4.78, 5) is 2.42. The van der Waals surface area contributed by atoms with Crippen LogP contribution in [0.25, 0.3) is 0 Å². The minimum atomic E-state index is -0.0709. The molecule has 0 unspecified atom stereocenters. The Morgan fingerprint density at radius 1 is 1.40 bits per heavy atom. The molecule has 1 N–H and O–H groups in total. The SMILES string of the molecule is CCCOc1ccc(CN2C[C@H]3C[C@@H](O)[C@H]3C2)cc1Cl. The molecule has 0 spiro atoms. The molecule has 1 aromatic carbocycles. The number of nitrogens with zero attached hydrogens (tertiary/aromatic N) is 1. The van der Waals surface area contributed by atoms with Crippen molar-refractivity contribution in [2.24, 2.45) is 11.8 Å². The van der Waals surface area contributed by atoms with E-state index in [0.29, 0.717) is 23.5 Å². The highest BCUT2D eigenvalue weighted by Gasteiger charge is 2.45. The number of aliphatic hydroxyl groups is 1. The summed E-state index contributed by atoms with van der Waals surface area (Å²) in [7, 11) is 0. The summed E-state index contributed by atoms with van der Waals surface area (Å²) < 4.78 is 5.59. The lowest BCUT2D eigenvalue weighted by atomic mass is 9.74. The van der Waals surface area contributed by atoms with Gasteiger partial charge in [-0.1, -0.05) is 24.6 Å². The lowest BCUT2D eigenvalue weighted by Crippen LogP contribution is -2.39. The number of benzene rings is 1. The second kappa shape index (κ2) is 5.92. The monoisotopic (exact) mass is 295 g/mol. The van der Waals surface area contributed by atoms with Crippen LogP contribution in [0.2, 0.25) is 5.02 Å². The van der Waals surface area contributed by atoms with E-state index in [-0.39, 0.29) is 6.10 Å². The highest BCUT2D eigenvalue weighted by atomic mass is 35.5. The second-order valence-electron chi connectivity index (χ2n) is 6.03. The summed E-state index contributed by atoms with van der Waals surface area (Å²) >= 11 is 6.26. The fourth-order valence-electron chi connectivity index (χ4n) is 3.32. The lowest BCUT2D eigenvalue weighted by molar-refractivity contribution is -0.00435. The van der Waals surface area contributed by atoms with Gasteiger partial charge in [-0.2, -0.15) is 0 Å². The number of hydrogen-bond acceptors (Lipinski definition) is 3. The molecule has 1 heterocycles. The number of aliphatic hydroxyl groups excluding tert-OH is 1. The van der Waals surface area contributed by atoms with Gasteiger partial charge < -0.3 is 9.84 Å². The van der Waals surface area contributed by atoms with Gasteiger partial charge in [0.05, 0.1) is 17.7 Å². The first-order valence-corrected chi connectivity index (χ1v) is 7.86. The quantitative estimate of drug-likeness (QED) is 0.906. The third kappa shape index (κ3) is 2.80. The first-order valence-electron chi connectivity index (χ1n) is 7.49. The van der Waals surface area contributed by atoms with Gasteiger partial charge in [0.25, 0.3) is 0 Å². The molecule has 1 aliphatic heterocycles. The summed E-state index contributed by atoms with van der Waals surface area (Å²) in [6.45, 7) is 5.81. The zero-order valence-electron chi connectivity index (χ0n) is 11.9. The van der Waals surface area contributed by atoms with Crippen LogP contribution in [-0.2, 0) is 6.54 Å². The molecule has 1 aromatic rings. The van der Waals surface area contributed by atoms with E-state index in [9.17, 15) is 5.11 Å². The Morgan fingerprint density at radius 3 is 2.90 bits per heavy atom. The van der Waals surface area contributed by atoms with E-state index >= 15 is 0 Å². The summed E-state index contributed by atoms with van der Waals surface area (Å²) in [6, 6.07) is 6.06. The van der Waals surface area contributed by atoms with Crippen LogP contribution in [0.5, 0.6) is 5.75 Å². The Hall–Kier alpha value is -0.770. The minimum absolute atomic E-state index is 0.0709. The Morgan fingerprint density at radius 2 is 2.25 bits per heavy atom. The molecule has 110 valence electrons. The van der Waals surface area contributed by atoms with Crippen molar-refractivity contribution in [1.82, 2.24) is 4.90 Å². The van der Waals surface area contributed by atoms with Crippen molar-refractivity contribution in [2.75, 3.05) is 19.7 Å². The van der Waals surface area contributed by atoms with E-state index in [1.165, 1.54) is 5.56 Å². The third-order valence-corrected chi connectivity index (χ3v) is 4.77. The topological polar surface area (TPSA) is 32.7 Å². The Kier molecular flexibility index (Phi) is 4.20. The van der Waals surface area contributed by atoms with Crippen LogP contribution in [0.3, 0.4) is 0 Å². The van der Waals surface area contributed by atoms with E-state index in [4.69, 9.17) is 16.3 Å². The maximum absolute atomic E-state index is 9.70. The van der Waals surface area contributed by atoms with Gasteiger partial charge in [-0.15, -0.1) is 0 Å². The van der Waals surface area contributed by atoms with E-state index in [0.717, 1.165) is 38.2 Å². The number of ether oxygens (including phenoxy) is 1. The van der Waals surface area contributed by atoms with Crippen molar-refractivity contribution in [3.63, 3.8) is 0 Å². The van der Waals surface area contributed by atoms with E-state index in [2.05, 4.69) is 17.9 Å². The van der Waals surface area contributed by atoms with Crippen LogP contribution in [0.15, 0.2) is 18.2 Å². The van der Waals surface area contributed by atoms with Crippen LogP contribution >= 0.6 is 11.6 Å². The Labute approximate surface area is 125 Å². The fourth-order valence-corrected chi connectivity index (χ4v) is 3.58. The van der Waals surface area contributed by atoms with Gasteiger partial charge in [-0.3, -0.25) is 4.90 Å². The molecule has 0 bridgehead atoms. The van der Waals surface area contributed by atoms with Gasteiger partial charge in [0.15, 0.2) is 0 Å². The molecule has 4 heteroatoms. The zero-order valence-corrected chi connectivity index (χ0v) is 12.6. The fraction of sp³-hybridized carbons (Fsp3) is 0.625. The third-order valence-electron chi connectivity index (χ3n) is 4.47. The summed E-state index contributed by atoms with van der Waals surface area (Å²) in [5.74, 6) is 1.97. The standard InChI is InChI=1S/C16H22ClNO2/c1-2-5-20-16-4-3-11(6-14(16)17)8-18-9-12-7-15(19)13(12)10-18/h3-4,6,12-13,15,19H,2,5,7-10H2,1H3/t12-,13+,15-/m1/s1.